The molecule has 0 spiro atoms. The molecule has 1 aromatic heterocycles. The summed E-state index contributed by atoms with van der Waals surface area (Å²) in [6.07, 6.45) is 2.39. The van der Waals surface area contributed by atoms with Crippen LogP contribution in [0.3, 0.4) is 0 Å². The van der Waals surface area contributed by atoms with Crippen molar-refractivity contribution >= 4 is 15.8 Å². The fourth-order valence-electron chi connectivity index (χ4n) is 3.09. The molecule has 1 N–H and O–H groups in total. The van der Waals surface area contributed by atoms with Crippen molar-refractivity contribution in [2.45, 2.75) is 38.1 Å². The van der Waals surface area contributed by atoms with Crippen molar-refractivity contribution in [3.05, 3.63) is 11.6 Å². The molecule has 1 fully saturated rings. The van der Waals surface area contributed by atoms with Crippen LogP contribution in [-0.4, -0.2) is 45.8 Å². The van der Waals surface area contributed by atoms with Crippen LogP contribution in [0.5, 0.6) is 0 Å². The molecule has 1 aromatic rings. The minimum Gasteiger partial charge on any atom is -0.481 e. The van der Waals surface area contributed by atoms with Gasteiger partial charge in [-0.25, -0.2) is 8.42 Å². The highest BCUT2D eigenvalue weighted by molar-refractivity contribution is 7.91. The van der Waals surface area contributed by atoms with Gasteiger partial charge in [-0.1, -0.05) is 0 Å². The normalized spacial score (nSPS) is 28.8. The van der Waals surface area contributed by atoms with Crippen LogP contribution in [0.4, 0.5) is 0 Å². The predicted molar refractivity (Wildman–Crippen MR) is 70.1 cm³/mol. The van der Waals surface area contributed by atoms with Crippen molar-refractivity contribution in [1.82, 2.24) is 14.8 Å². The van der Waals surface area contributed by atoms with Crippen LogP contribution < -0.4 is 0 Å². The van der Waals surface area contributed by atoms with Gasteiger partial charge in [0.15, 0.2) is 9.84 Å². The fraction of sp³-hybridized carbons (Fsp3) is 0.750. The molecular formula is C12H17N3O4S. The van der Waals surface area contributed by atoms with Gasteiger partial charge in [-0.05, 0) is 19.3 Å². The summed E-state index contributed by atoms with van der Waals surface area (Å²) in [7, 11) is -2.98. The van der Waals surface area contributed by atoms with Gasteiger partial charge in [0.1, 0.15) is 11.6 Å². The van der Waals surface area contributed by atoms with Gasteiger partial charge in [0, 0.05) is 18.9 Å². The van der Waals surface area contributed by atoms with Gasteiger partial charge in [0.05, 0.1) is 17.4 Å². The Morgan fingerprint density at radius 3 is 2.80 bits per heavy atom. The number of nitrogens with zero attached hydrogens (tertiary/aromatic N) is 3. The lowest BCUT2D eigenvalue weighted by Gasteiger charge is -2.25. The lowest BCUT2D eigenvalue weighted by Crippen LogP contribution is -2.29. The lowest BCUT2D eigenvalue weighted by molar-refractivity contribution is -0.142. The highest BCUT2D eigenvalue weighted by Gasteiger charge is 2.33. The molecule has 2 unspecified atom stereocenters. The van der Waals surface area contributed by atoms with Gasteiger partial charge >= 0.3 is 5.97 Å². The number of fused-ring (bicyclic) bond motifs is 1. The van der Waals surface area contributed by atoms with Crippen molar-refractivity contribution in [2.75, 3.05) is 11.5 Å². The fourth-order valence-corrected chi connectivity index (χ4v) is 4.79. The van der Waals surface area contributed by atoms with Crippen LogP contribution in [0.25, 0.3) is 0 Å². The molecule has 1 saturated heterocycles. The quantitative estimate of drug-likeness (QED) is 0.838. The van der Waals surface area contributed by atoms with E-state index in [9.17, 15) is 13.2 Å². The van der Waals surface area contributed by atoms with Crippen molar-refractivity contribution in [3.8, 4) is 0 Å². The lowest BCUT2D eigenvalue weighted by atomic mass is 9.97. The first-order valence-electron chi connectivity index (χ1n) is 6.81. The third-order valence-electron chi connectivity index (χ3n) is 4.16. The van der Waals surface area contributed by atoms with Crippen molar-refractivity contribution in [2.24, 2.45) is 5.92 Å². The number of hydrogen-bond donors (Lipinski definition) is 1. The van der Waals surface area contributed by atoms with E-state index < -0.39 is 21.7 Å². The molecule has 7 nitrogen and oxygen atoms in total. The van der Waals surface area contributed by atoms with E-state index in [0.717, 1.165) is 6.42 Å². The number of carbonyl (C=O) groups is 1. The Kier molecular flexibility index (Phi) is 3.27. The summed E-state index contributed by atoms with van der Waals surface area (Å²) in [5, 5.41) is 17.3. The Labute approximate surface area is 116 Å². The Balaban J connectivity index is 1.85. The second kappa shape index (κ2) is 4.83. The van der Waals surface area contributed by atoms with Crippen LogP contribution in [0.15, 0.2) is 0 Å². The maximum atomic E-state index is 11.7. The second-order valence-corrected chi connectivity index (χ2v) is 7.84. The van der Waals surface area contributed by atoms with Gasteiger partial charge in [-0.3, -0.25) is 4.79 Å². The van der Waals surface area contributed by atoms with E-state index in [2.05, 4.69) is 10.2 Å². The molecule has 2 atom stereocenters. The molecular weight excluding hydrogens is 282 g/mol. The van der Waals surface area contributed by atoms with Gasteiger partial charge < -0.3 is 9.67 Å². The maximum absolute atomic E-state index is 11.7. The Morgan fingerprint density at radius 1 is 1.30 bits per heavy atom. The standard InChI is InChI=1S/C12H17N3O4S/c16-12(17)8-3-4-15-10(6-8)13-14-11(15)9-2-1-5-20(18,19)7-9/h8-9H,1-7H2,(H,16,17). The van der Waals surface area contributed by atoms with Gasteiger partial charge in [0.2, 0.25) is 0 Å². The molecule has 0 radical (unpaired) electrons. The van der Waals surface area contributed by atoms with Crippen molar-refractivity contribution in [1.29, 1.82) is 0 Å². The zero-order valence-corrected chi connectivity index (χ0v) is 11.8. The van der Waals surface area contributed by atoms with Crippen LogP contribution in [0, 0.1) is 5.92 Å². The summed E-state index contributed by atoms with van der Waals surface area (Å²) in [6.45, 7) is 0.561. The van der Waals surface area contributed by atoms with Gasteiger partial charge in [0.25, 0.3) is 0 Å². The molecule has 3 rings (SSSR count). The molecule has 0 saturated carbocycles. The summed E-state index contributed by atoms with van der Waals surface area (Å²) in [4.78, 5) is 11.0. The molecule has 2 aliphatic heterocycles. The van der Waals surface area contributed by atoms with Crippen LogP contribution in [0.2, 0.25) is 0 Å². The van der Waals surface area contributed by atoms with Gasteiger partial charge in [-0.15, -0.1) is 10.2 Å². The van der Waals surface area contributed by atoms with Crippen molar-refractivity contribution < 1.29 is 18.3 Å². The highest BCUT2D eigenvalue weighted by atomic mass is 32.2. The molecule has 110 valence electrons. The molecule has 8 heteroatoms. The SMILES string of the molecule is O=C(O)C1CCn2c(nnc2C2CCCS(=O)(=O)C2)C1. The Hall–Kier alpha value is -1.44. The number of hydrogen-bond acceptors (Lipinski definition) is 5. The van der Waals surface area contributed by atoms with E-state index in [-0.39, 0.29) is 17.4 Å². The first kappa shape index (κ1) is 13.5. The molecule has 0 bridgehead atoms. The number of rotatable bonds is 2. The molecule has 20 heavy (non-hydrogen) atoms. The number of sulfone groups is 1. The molecule has 2 aliphatic rings. The zero-order chi connectivity index (χ0) is 14.3. The summed E-state index contributed by atoms with van der Waals surface area (Å²) in [5.41, 5.74) is 0. The summed E-state index contributed by atoms with van der Waals surface area (Å²) in [5.74, 6) is 0.458. The van der Waals surface area contributed by atoms with E-state index in [4.69, 9.17) is 5.11 Å². The van der Waals surface area contributed by atoms with E-state index in [1.165, 1.54) is 0 Å². The topological polar surface area (TPSA) is 102 Å². The third kappa shape index (κ3) is 2.44. The summed E-state index contributed by atoms with van der Waals surface area (Å²) >= 11 is 0. The summed E-state index contributed by atoms with van der Waals surface area (Å²) < 4.78 is 25.4. The first-order chi connectivity index (χ1) is 9.46. The number of carboxylic acids is 1. The Morgan fingerprint density at radius 2 is 2.10 bits per heavy atom. The smallest absolute Gasteiger partial charge is 0.307 e. The molecule has 3 heterocycles. The minimum absolute atomic E-state index is 0.101. The highest BCUT2D eigenvalue weighted by Crippen LogP contribution is 2.30. The van der Waals surface area contributed by atoms with Crippen LogP contribution in [-0.2, 0) is 27.6 Å². The minimum atomic E-state index is -2.98. The van der Waals surface area contributed by atoms with Crippen molar-refractivity contribution in [3.63, 3.8) is 0 Å². The second-order valence-electron chi connectivity index (χ2n) is 5.61. The molecule has 0 aliphatic carbocycles. The van der Waals surface area contributed by atoms with E-state index >= 15 is 0 Å². The predicted octanol–water partition coefficient (Wildman–Crippen LogP) is 0.217. The largest absolute Gasteiger partial charge is 0.481 e. The van der Waals surface area contributed by atoms with Crippen LogP contribution in [0.1, 0.15) is 36.8 Å². The first-order valence-corrected chi connectivity index (χ1v) is 8.63. The number of aliphatic carboxylic acids is 1. The summed E-state index contributed by atoms with van der Waals surface area (Å²) in [6, 6.07) is 0. The monoisotopic (exact) mass is 299 g/mol. The zero-order valence-electron chi connectivity index (χ0n) is 11.0. The van der Waals surface area contributed by atoms with E-state index in [0.29, 0.717) is 37.5 Å². The third-order valence-corrected chi connectivity index (χ3v) is 5.98. The van der Waals surface area contributed by atoms with E-state index in [1.54, 1.807) is 0 Å². The van der Waals surface area contributed by atoms with Gasteiger partial charge in [-0.2, -0.15) is 0 Å². The molecule has 0 aromatic carbocycles. The average molecular weight is 299 g/mol. The Bertz CT molecular complexity index is 637. The molecule has 0 amide bonds. The number of carboxylic acid groups (broad SMARTS) is 1. The maximum Gasteiger partial charge on any atom is 0.307 e. The van der Waals surface area contributed by atoms with Crippen LogP contribution >= 0.6 is 0 Å². The number of aromatic nitrogens is 3. The van der Waals surface area contributed by atoms with E-state index in [1.807, 2.05) is 4.57 Å². The average Bonchev–Trinajstić information content (AvgIpc) is 2.80.